The average Bonchev–Trinajstić information content (AvgIpc) is 3.66. The SMILES string of the molecule is CCC(C)[C@@H]([C@@H](CC(=O)N1CCC[C@H]1[C@H](OC)[C@@H](C)C(=O)NC(COCOC)Cc1ccccc1)OC)N(C)C(O)[C@@H](NC(=O)[C@H](C(C)C)N(C)C(C)C)C(C)C. The molecule has 10 atom stereocenters. The molecular weight excluding hydrogens is 727 g/mol. The van der Waals surface area contributed by atoms with Crippen molar-refractivity contribution in [2.45, 2.75) is 149 Å². The van der Waals surface area contributed by atoms with Gasteiger partial charge < -0.3 is 39.6 Å². The van der Waals surface area contributed by atoms with Gasteiger partial charge in [-0.05, 0) is 70.5 Å². The summed E-state index contributed by atoms with van der Waals surface area (Å²) in [4.78, 5) is 47.7. The van der Waals surface area contributed by atoms with E-state index in [9.17, 15) is 19.5 Å². The fourth-order valence-electron chi connectivity index (χ4n) is 8.39. The first-order chi connectivity index (χ1) is 26.9. The Bertz CT molecular complexity index is 1320. The van der Waals surface area contributed by atoms with Crippen LogP contribution in [-0.2, 0) is 39.8 Å². The molecule has 1 aromatic rings. The van der Waals surface area contributed by atoms with Gasteiger partial charge in [0.15, 0.2) is 0 Å². The van der Waals surface area contributed by atoms with Gasteiger partial charge in [0, 0.05) is 40.0 Å². The van der Waals surface area contributed by atoms with Crippen LogP contribution < -0.4 is 10.6 Å². The molecule has 57 heavy (non-hydrogen) atoms. The Kier molecular flexibility index (Phi) is 22.2. The molecule has 3 unspecified atom stereocenters. The second kappa shape index (κ2) is 25.1. The zero-order valence-corrected chi connectivity index (χ0v) is 37.7. The number of nitrogens with zero attached hydrogens (tertiary/aromatic N) is 3. The molecule has 3 N–H and O–H groups in total. The van der Waals surface area contributed by atoms with E-state index in [1.807, 2.05) is 88.8 Å². The molecule has 1 saturated heterocycles. The number of aliphatic hydroxyl groups is 1. The Morgan fingerprint density at radius 2 is 1.54 bits per heavy atom. The Hall–Kier alpha value is -2.65. The van der Waals surface area contributed by atoms with E-state index in [0.717, 1.165) is 18.4 Å². The number of carbonyl (C=O) groups excluding carboxylic acids is 3. The van der Waals surface area contributed by atoms with Crippen molar-refractivity contribution in [2.24, 2.45) is 23.7 Å². The molecule has 1 aromatic carbocycles. The monoisotopic (exact) mass is 806 g/mol. The molecule has 1 fully saturated rings. The van der Waals surface area contributed by atoms with E-state index < -0.39 is 30.4 Å². The molecule has 1 aliphatic rings. The molecule has 2 rings (SSSR count). The van der Waals surface area contributed by atoms with Crippen LogP contribution in [-0.4, -0.2) is 148 Å². The summed E-state index contributed by atoms with van der Waals surface area (Å²) < 4.78 is 22.9. The molecule has 1 aliphatic heterocycles. The van der Waals surface area contributed by atoms with Crippen molar-refractivity contribution in [3.8, 4) is 0 Å². The maximum atomic E-state index is 14.3. The van der Waals surface area contributed by atoms with E-state index in [0.29, 0.717) is 19.4 Å². The van der Waals surface area contributed by atoms with Gasteiger partial charge in [0.1, 0.15) is 13.0 Å². The molecule has 3 amide bonds. The smallest absolute Gasteiger partial charge is 0.237 e. The lowest BCUT2D eigenvalue weighted by Gasteiger charge is -2.44. The molecule has 0 radical (unpaired) electrons. The molecule has 0 bridgehead atoms. The average molecular weight is 806 g/mol. The summed E-state index contributed by atoms with van der Waals surface area (Å²) in [6, 6.07) is 8.24. The number of amides is 3. The third kappa shape index (κ3) is 14.5. The van der Waals surface area contributed by atoms with Crippen LogP contribution in [0.5, 0.6) is 0 Å². The first-order valence-electron chi connectivity index (χ1n) is 21.1. The Morgan fingerprint density at radius 1 is 0.895 bits per heavy atom. The highest BCUT2D eigenvalue weighted by Crippen LogP contribution is 2.30. The zero-order valence-electron chi connectivity index (χ0n) is 37.7. The van der Waals surface area contributed by atoms with Crippen LogP contribution in [0.3, 0.4) is 0 Å². The minimum Gasteiger partial charge on any atom is -0.379 e. The van der Waals surface area contributed by atoms with E-state index in [1.54, 1.807) is 21.3 Å². The summed E-state index contributed by atoms with van der Waals surface area (Å²) in [5.41, 5.74) is 1.08. The summed E-state index contributed by atoms with van der Waals surface area (Å²) in [5, 5.41) is 18.4. The second-order valence-electron chi connectivity index (χ2n) is 17.1. The molecule has 13 heteroatoms. The second-order valence-corrected chi connectivity index (χ2v) is 17.1. The van der Waals surface area contributed by atoms with E-state index >= 15 is 0 Å². The third-order valence-electron chi connectivity index (χ3n) is 12.0. The van der Waals surface area contributed by atoms with Gasteiger partial charge in [-0.2, -0.15) is 0 Å². The van der Waals surface area contributed by atoms with Crippen molar-refractivity contribution in [3.63, 3.8) is 0 Å². The van der Waals surface area contributed by atoms with E-state index in [4.69, 9.17) is 18.9 Å². The number of methoxy groups -OCH3 is 3. The Labute approximate surface area is 344 Å². The van der Waals surface area contributed by atoms with Crippen molar-refractivity contribution in [1.82, 2.24) is 25.3 Å². The number of hydrogen-bond acceptors (Lipinski definition) is 10. The highest BCUT2D eigenvalue weighted by molar-refractivity contribution is 5.82. The highest BCUT2D eigenvalue weighted by Gasteiger charge is 2.43. The van der Waals surface area contributed by atoms with Crippen LogP contribution in [0.1, 0.15) is 93.6 Å². The topological polar surface area (TPSA) is 142 Å². The van der Waals surface area contributed by atoms with E-state index in [-0.39, 0.29) is 85.5 Å². The fourth-order valence-corrected chi connectivity index (χ4v) is 8.39. The molecule has 328 valence electrons. The van der Waals surface area contributed by atoms with Crippen molar-refractivity contribution >= 4 is 17.7 Å². The van der Waals surface area contributed by atoms with Crippen molar-refractivity contribution in [2.75, 3.05) is 55.4 Å². The van der Waals surface area contributed by atoms with Gasteiger partial charge in [0.2, 0.25) is 17.7 Å². The van der Waals surface area contributed by atoms with Gasteiger partial charge in [-0.1, -0.05) is 85.2 Å². The van der Waals surface area contributed by atoms with E-state index in [1.165, 1.54) is 0 Å². The van der Waals surface area contributed by atoms with Gasteiger partial charge in [-0.25, -0.2) is 0 Å². The number of rotatable bonds is 26. The summed E-state index contributed by atoms with van der Waals surface area (Å²) in [6.45, 7) is 19.2. The summed E-state index contributed by atoms with van der Waals surface area (Å²) >= 11 is 0. The van der Waals surface area contributed by atoms with Gasteiger partial charge in [-0.3, -0.25) is 24.2 Å². The van der Waals surface area contributed by atoms with Crippen LogP contribution >= 0.6 is 0 Å². The Morgan fingerprint density at radius 3 is 2.07 bits per heavy atom. The first kappa shape index (κ1) is 50.5. The van der Waals surface area contributed by atoms with Gasteiger partial charge in [-0.15, -0.1) is 0 Å². The summed E-state index contributed by atoms with van der Waals surface area (Å²) in [5.74, 6) is -0.900. The largest absolute Gasteiger partial charge is 0.379 e. The predicted molar refractivity (Wildman–Crippen MR) is 225 cm³/mol. The first-order valence-corrected chi connectivity index (χ1v) is 21.1. The fraction of sp³-hybridized carbons (Fsp3) is 0.795. The summed E-state index contributed by atoms with van der Waals surface area (Å²) in [7, 11) is 8.58. The van der Waals surface area contributed by atoms with Crippen LogP contribution in [0.2, 0.25) is 0 Å². The molecule has 0 aliphatic carbocycles. The quantitative estimate of drug-likeness (QED) is 0.0903. The van der Waals surface area contributed by atoms with Crippen LogP contribution in [0.15, 0.2) is 30.3 Å². The number of aliphatic hydroxyl groups excluding tert-OH is 1. The van der Waals surface area contributed by atoms with Crippen LogP contribution in [0.25, 0.3) is 0 Å². The minimum absolute atomic E-state index is 0.0444. The number of likely N-dealkylation sites (tertiary alicyclic amines) is 1. The number of likely N-dealkylation sites (N-methyl/N-ethyl adjacent to an activating group) is 2. The normalized spacial score (nSPS) is 19.7. The maximum Gasteiger partial charge on any atom is 0.237 e. The van der Waals surface area contributed by atoms with Crippen molar-refractivity contribution in [1.29, 1.82) is 0 Å². The number of benzene rings is 1. The standard InChI is InChI=1S/C44H79N5O8/c1-15-31(8)40(48(11)44(53)38(28(2)3)46-43(52)39(29(4)5)47(10)30(6)7)36(55-13)25-37(50)49-23-19-22-35(49)41(56-14)32(9)42(51)45-34(26-57-27-54-12)24-33-20-17-16-18-21-33/h16-18,20-21,28-32,34-36,38-41,44,53H,15,19,22-27H2,1-14H3,(H,45,51)(H,46,52)/t31?,32-,34?,35+,36-,38+,39+,40+,41-,44?/m1/s1. The maximum absolute atomic E-state index is 14.3. The van der Waals surface area contributed by atoms with Crippen molar-refractivity contribution in [3.05, 3.63) is 35.9 Å². The lowest BCUT2D eigenvalue weighted by atomic mass is 9.89. The zero-order chi connectivity index (χ0) is 43.0. The van der Waals surface area contributed by atoms with Gasteiger partial charge in [0.25, 0.3) is 0 Å². The van der Waals surface area contributed by atoms with Crippen LogP contribution in [0, 0.1) is 23.7 Å². The number of nitrogens with one attached hydrogen (secondary N) is 2. The van der Waals surface area contributed by atoms with Gasteiger partial charge >= 0.3 is 0 Å². The minimum atomic E-state index is -1.04. The van der Waals surface area contributed by atoms with Crippen LogP contribution in [0.4, 0.5) is 0 Å². The molecule has 1 heterocycles. The molecular formula is C44H79N5O8. The van der Waals surface area contributed by atoms with Crippen molar-refractivity contribution < 1.29 is 38.4 Å². The Balaban J connectivity index is 2.28. The van der Waals surface area contributed by atoms with E-state index in [2.05, 4.69) is 43.2 Å². The lowest BCUT2D eigenvalue weighted by molar-refractivity contribution is -0.146. The molecule has 0 spiro atoms. The third-order valence-corrected chi connectivity index (χ3v) is 12.0. The lowest BCUT2D eigenvalue weighted by Crippen LogP contribution is -2.62. The number of hydrogen-bond donors (Lipinski definition) is 3. The number of carbonyl (C=O) groups is 3. The molecule has 13 nitrogen and oxygen atoms in total. The van der Waals surface area contributed by atoms with Gasteiger partial charge in [0.05, 0.1) is 55.3 Å². The molecule has 0 aromatic heterocycles. The summed E-state index contributed by atoms with van der Waals surface area (Å²) in [6.07, 6.45) is 0.817. The number of ether oxygens (including phenoxy) is 4. The molecule has 0 saturated carbocycles. The highest BCUT2D eigenvalue weighted by atomic mass is 16.7. The predicted octanol–water partition coefficient (Wildman–Crippen LogP) is 4.55.